The molecule has 14 heavy (non-hydrogen) atoms. The fourth-order valence-corrected chi connectivity index (χ4v) is 1.19. The molecule has 0 aliphatic heterocycles. The van der Waals surface area contributed by atoms with Gasteiger partial charge in [-0.2, -0.15) is 0 Å². The molecule has 4 nitrogen and oxygen atoms in total. The molecule has 0 radical (unpaired) electrons. The maximum atomic E-state index is 8.01. The Morgan fingerprint density at radius 2 is 2.50 bits per heavy atom. The summed E-state index contributed by atoms with van der Waals surface area (Å²) in [6.07, 6.45) is 1.58. The second-order valence-corrected chi connectivity index (χ2v) is 3.46. The molecular formula is C8H4BrClN4. The van der Waals surface area contributed by atoms with Gasteiger partial charge in [0.1, 0.15) is 5.15 Å². The predicted molar refractivity (Wildman–Crippen MR) is 57.8 cm³/mol. The third-order valence-corrected chi connectivity index (χ3v) is 1.98. The van der Waals surface area contributed by atoms with Gasteiger partial charge >= 0.3 is 0 Å². The van der Waals surface area contributed by atoms with Crippen LogP contribution in [-0.4, -0.2) is 11.5 Å². The molecule has 0 atom stereocenters. The minimum Gasteiger partial charge on any atom is -0.242 e. The molecule has 1 aromatic heterocycles. The van der Waals surface area contributed by atoms with E-state index in [1.807, 2.05) is 0 Å². The summed E-state index contributed by atoms with van der Waals surface area (Å²) in [5.41, 5.74) is 8.61. The molecule has 0 aromatic carbocycles. The molecule has 1 heterocycles. The molecule has 0 aliphatic carbocycles. The van der Waals surface area contributed by atoms with E-state index in [0.717, 1.165) is 4.47 Å². The average molecular weight is 272 g/mol. The molecule has 0 bridgehead atoms. The Balaban J connectivity index is 2.88. The van der Waals surface area contributed by atoms with Gasteiger partial charge in [-0.05, 0) is 27.5 Å². The van der Waals surface area contributed by atoms with Crippen molar-refractivity contribution in [3.63, 3.8) is 0 Å². The van der Waals surface area contributed by atoms with Gasteiger partial charge in [-0.3, -0.25) is 0 Å². The summed E-state index contributed by atoms with van der Waals surface area (Å²) in [6.45, 7) is 0.124. The van der Waals surface area contributed by atoms with Crippen LogP contribution in [0, 0.1) is 11.8 Å². The van der Waals surface area contributed by atoms with Crippen LogP contribution in [0.5, 0.6) is 0 Å². The number of hydrogen-bond acceptors (Lipinski definition) is 2. The van der Waals surface area contributed by atoms with Crippen LogP contribution in [0.1, 0.15) is 5.56 Å². The molecule has 0 spiro atoms. The minimum atomic E-state index is 0.124. The SMILES string of the molecule is [N-]=[N+]=NCC#Cc1cc(Br)cnc1Cl. The molecule has 1 rings (SSSR count). The van der Waals surface area contributed by atoms with E-state index in [-0.39, 0.29) is 6.54 Å². The zero-order valence-electron chi connectivity index (χ0n) is 6.91. The Hall–Kier alpha value is -1.21. The Morgan fingerprint density at radius 1 is 1.71 bits per heavy atom. The van der Waals surface area contributed by atoms with Gasteiger partial charge < -0.3 is 0 Å². The first-order valence-electron chi connectivity index (χ1n) is 3.55. The Morgan fingerprint density at radius 3 is 3.21 bits per heavy atom. The monoisotopic (exact) mass is 270 g/mol. The largest absolute Gasteiger partial charge is 0.242 e. The lowest BCUT2D eigenvalue weighted by atomic mass is 10.3. The highest BCUT2D eigenvalue weighted by Crippen LogP contribution is 2.16. The van der Waals surface area contributed by atoms with Crippen molar-refractivity contribution in [2.45, 2.75) is 0 Å². The lowest BCUT2D eigenvalue weighted by Gasteiger charge is -1.94. The van der Waals surface area contributed by atoms with Crippen molar-refractivity contribution < 1.29 is 0 Å². The summed E-state index contributed by atoms with van der Waals surface area (Å²) in [6, 6.07) is 1.75. The molecule has 0 amide bonds. The highest BCUT2D eigenvalue weighted by molar-refractivity contribution is 9.10. The van der Waals surface area contributed by atoms with Gasteiger partial charge in [-0.15, -0.1) is 0 Å². The summed E-state index contributed by atoms with van der Waals surface area (Å²) in [5.74, 6) is 5.40. The molecule has 0 N–H and O–H groups in total. The number of azide groups is 1. The number of aromatic nitrogens is 1. The number of rotatable bonds is 1. The highest BCUT2D eigenvalue weighted by atomic mass is 79.9. The first kappa shape index (κ1) is 10.9. The fraction of sp³-hybridized carbons (Fsp3) is 0.125. The Kier molecular flexibility index (Phi) is 4.27. The summed E-state index contributed by atoms with van der Waals surface area (Å²) < 4.78 is 0.801. The second-order valence-electron chi connectivity index (χ2n) is 2.18. The molecule has 70 valence electrons. The van der Waals surface area contributed by atoms with Crippen LogP contribution >= 0.6 is 27.5 Å². The van der Waals surface area contributed by atoms with Crippen LogP contribution in [0.25, 0.3) is 10.4 Å². The number of hydrogen-bond donors (Lipinski definition) is 0. The quantitative estimate of drug-likeness (QED) is 0.254. The molecule has 1 aromatic rings. The molecule has 0 aliphatic rings. The maximum Gasteiger partial charge on any atom is 0.144 e. The van der Waals surface area contributed by atoms with Gasteiger partial charge in [-0.1, -0.05) is 28.6 Å². The lowest BCUT2D eigenvalue weighted by Crippen LogP contribution is -1.82. The second kappa shape index (κ2) is 5.51. The van der Waals surface area contributed by atoms with Crippen molar-refractivity contribution in [3.8, 4) is 11.8 Å². The third kappa shape index (κ3) is 3.27. The first-order valence-corrected chi connectivity index (χ1v) is 4.72. The zero-order valence-corrected chi connectivity index (χ0v) is 9.25. The van der Waals surface area contributed by atoms with Crippen molar-refractivity contribution in [2.24, 2.45) is 5.11 Å². The van der Waals surface area contributed by atoms with Crippen molar-refractivity contribution in [3.05, 3.63) is 37.9 Å². The highest BCUT2D eigenvalue weighted by Gasteiger charge is 1.97. The summed E-state index contributed by atoms with van der Waals surface area (Å²) in [5, 5.41) is 3.61. The Labute approximate surface area is 94.0 Å². The van der Waals surface area contributed by atoms with E-state index in [1.54, 1.807) is 12.3 Å². The molecule has 6 heteroatoms. The topological polar surface area (TPSA) is 61.7 Å². The van der Waals surface area contributed by atoms with E-state index in [9.17, 15) is 0 Å². The van der Waals surface area contributed by atoms with Crippen LogP contribution in [0.3, 0.4) is 0 Å². The minimum absolute atomic E-state index is 0.124. The van der Waals surface area contributed by atoms with Crippen LogP contribution < -0.4 is 0 Å². The van der Waals surface area contributed by atoms with Gasteiger partial charge in [0, 0.05) is 15.6 Å². The van der Waals surface area contributed by atoms with E-state index >= 15 is 0 Å². The van der Waals surface area contributed by atoms with E-state index in [4.69, 9.17) is 17.1 Å². The standard InChI is InChI=1S/C8H4BrClN4/c9-7-4-6(8(10)12-5-7)2-1-3-13-14-11/h4-5H,3H2. The van der Waals surface area contributed by atoms with E-state index in [2.05, 4.69) is 42.8 Å². The maximum absolute atomic E-state index is 8.01. The zero-order chi connectivity index (χ0) is 10.4. The van der Waals surface area contributed by atoms with Gasteiger partial charge in [0.25, 0.3) is 0 Å². The predicted octanol–water partition coefficient (Wildman–Crippen LogP) is 3.16. The molecule has 0 fully saturated rings. The van der Waals surface area contributed by atoms with E-state index in [0.29, 0.717) is 10.7 Å². The third-order valence-electron chi connectivity index (χ3n) is 1.24. The smallest absolute Gasteiger partial charge is 0.144 e. The van der Waals surface area contributed by atoms with Crippen molar-refractivity contribution in [1.29, 1.82) is 0 Å². The van der Waals surface area contributed by atoms with Gasteiger partial charge in [0.15, 0.2) is 0 Å². The summed E-state index contributed by atoms with van der Waals surface area (Å²) in [7, 11) is 0. The van der Waals surface area contributed by atoms with Crippen LogP contribution in [0.2, 0.25) is 5.15 Å². The first-order chi connectivity index (χ1) is 6.74. The molecule has 0 saturated heterocycles. The summed E-state index contributed by atoms with van der Waals surface area (Å²) >= 11 is 9.02. The fourth-order valence-electron chi connectivity index (χ4n) is 0.712. The van der Waals surface area contributed by atoms with Crippen molar-refractivity contribution in [1.82, 2.24) is 4.98 Å². The molecule has 0 unspecified atom stereocenters. The van der Waals surface area contributed by atoms with Crippen molar-refractivity contribution in [2.75, 3.05) is 6.54 Å². The normalized spacial score (nSPS) is 8.43. The van der Waals surface area contributed by atoms with Gasteiger partial charge in [0.2, 0.25) is 0 Å². The molecule has 0 saturated carbocycles. The van der Waals surface area contributed by atoms with Gasteiger partial charge in [0.05, 0.1) is 12.1 Å². The van der Waals surface area contributed by atoms with Crippen LogP contribution in [-0.2, 0) is 0 Å². The summed E-state index contributed by atoms with van der Waals surface area (Å²) in [4.78, 5) is 6.46. The van der Waals surface area contributed by atoms with Crippen molar-refractivity contribution >= 4 is 27.5 Å². The van der Waals surface area contributed by atoms with Crippen LogP contribution in [0.4, 0.5) is 0 Å². The number of pyridine rings is 1. The average Bonchev–Trinajstić information content (AvgIpc) is 2.18. The van der Waals surface area contributed by atoms with E-state index in [1.165, 1.54) is 0 Å². The molecular weight excluding hydrogens is 267 g/mol. The van der Waals surface area contributed by atoms with E-state index < -0.39 is 0 Å². The number of nitrogens with zero attached hydrogens (tertiary/aromatic N) is 4. The van der Waals surface area contributed by atoms with Gasteiger partial charge in [-0.25, -0.2) is 4.98 Å². The lowest BCUT2D eigenvalue weighted by molar-refractivity contribution is 1.25. The van der Waals surface area contributed by atoms with Crippen LogP contribution in [0.15, 0.2) is 21.9 Å². The number of halogens is 2. The Bertz CT molecular complexity index is 442.